The smallest absolute Gasteiger partial charge is 0.244 e. The lowest BCUT2D eigenvalue weighted by Gasteiger charge is -2.34. The number of carbonyl (C=O) groups excluding carboxylic acids is 2. The second-order valence-corrected chi connectivity index (χ2v) is 12.6. The number of ether oxygens (including phenoxy) is 2. The number of anilines is 1. The lowest BCUT2D eigenvalue weighted by atomic mass is 10.0. The van der Waals surface area contributed by atoms with Gasteiger partial charge in [-0.1, -0.05) is 67.4 Å². The Morgan fingerprint density at radius 2 is 1.63 bits per heavy atom. The van der Waals surface area contributed by atoms with Gasteiger partial charge in [0, 0.05) is 19.0 Å². The molecule has 0 saturated heterocycles. The minimum absolute atomic E-state index is 0.0464. The molecule has 0 aromatic heterocycles. The summed E-state index contributed by atoms with van der Waals surface area (Å²) < 4.78 is 38.4. The van der Waals surface area contributed by atoms with E-state index in [4.69, 9.17) is 9.47 Å². The first kappa shape index (κ1) is 31.9. The second kappa shape index (κ2) is 14.9. The number of para-hydroxylation sites is 2. The average Bonchev–Trinajstić information content (AvgIpc) is 3.51. The van der Waals surface area contributed by atoms with E-state index >= 15 is 0 Å². The van der Waals surface area contributed by atoms with Gasteiger partial charge in [0.25, 0.3) is 0 Å². The number of rotatable bonds is 14. The normalized spacial score (nSPS) is 14.1. The number of benzene rings is 3. The molecule has 1 aliphatic carbocycles. The standard InChI is InChI=1S/C33H41N3O6S/c1-4-42-31-20-11-10-19-29(31)36(43(3,39)40)24-32(37)35(23-26-15-12-18-28(21-26)41-2)30(22-25-13-6-5-7-14-25)33(38)34-27-16-8-9-17-27/h5-7,10-15,18-21,27,30H,4,8-9,16-17,22-24H2,1-3H3,(H,34,38)/t30-/m1/s1. The van der Waals surface area contributed by atoms with E-state index < -0.39 is 28.5 Å². The van der Waals surface area contributed by atoms with Gasteiger partial charge in [0.1, 0.15) is 24.1 Å². The lowest BCUT2D eigenvalue weighted by molar-refractivity contribution is -0.140. The summed E-state index contributed by atoms with van der Waals surface area (Å²) in [4.78, 5) is 29.8. The Morgan fingerprint density at radius 1 is 0.953 bits per heavy atom. The van der Waals surface area contributed by atoms with Gasteiger partial charge in [0.15, 0.2) is 0 Å². The zero-order valence-corrected chi connectivity index (χ0v) is 25.9. The van der Waals surface area contributed by atoms with Gasteiger partial charge in [-0.15, -0.1) is 0 Å². The highest BCUT2D eigenvalue weighted by Gasteiger charge is 2.34. The third kappa shape index (κ3) is 8.73. The largest absolute Gasteiger partial charge is 0.497 e. The van der Waals surface area contributed by atoms with Gasteiger partial charge in [0.05, 0.1) is 25.7 Å². The van der Waals surface area contributed by atoms with Crippen molar-refractivity contribution in [1.82, 2.24) is 10.2 Å². The summed E-state index contributed by atoms with van der Waals surface area (Å²) in [6, 6.07) is 22.7. The molecule has 9 nitrogen and oxygen atoms in total. The van der Waals surface area contributed by atoms with Gasteiger partial charge >= 0.3 is 0 Å². The Morgan fingerprint density at radius 3 is 2.30 bits per heavy atom. The highest BCUT2D eigenvalue weighted by molar-refractivity contribution is 7.92. The second-order valence-electron chi connectivity index (χ2n) is 10.7. The Kier molecular flexibility index (Phi) is 11.1. The third-order valence-electron chi connectivity index (χ3n) is 7.57. The number of nitrogens with one attached hydrogen (secondary N) is 1. The maximum atomic E-state index is 14.3. The van der Waals surface area contributed by atoms with Crippen LogP contribution in [0.3, 0.4) is 0 Å². The van der Waals surface area contributed by atoms with Gasteiger partial charge in [-0.3, -0.25) is 13.9 Å². The number of sulfonamides is 1. The van der Waals surface area contributed by atoms with Crippen LogP contribution in [0.2, 0.25) is 0 Å². The van der Waals surface area contributed by atoms with Crippen molar-refractivity contribution in [2.75, 3.05) is 30.8 Å². The van der Waals surface area contributed by atoms with Crippen LogP contribution in [0.4, 0.5) is 5.69 Å². The summed E-state index contributed by atoms with van der Waals surface area (Å²) in [5, 5.41) is 3.17. The molecule has 1 fully saturated rings. The van der Waals surface area contributed by atoms with Crippen molar-refractivity contribution in [2.24, 2.45) is 0 Å². The highest BCUT2D eigenvalue weighted by atomic mass is 32.2. The molecule has 2 amide bonds. The van der Waals surface area contributed by atoms with Crippen molar-refractivity contribution in [2.45, 2.75) is 57.7 Å². The molecular formula is C33H41N3O6S. The summed E-state index contributed by atoms with van der Waals surface area (Å²) in [6.45, 7) is 1.70. The van der Waals surface area contributed by atoms with E-state index in [-0.39, 0.29) is 30.6 Å². The molecule has 0 radical (unpaired) electrons. The molecular weight excluding hydrogens is 566 g/mol. The van der Waals surface area contributed by atoms with Crippen LogP contribution in [0.15, 0.2) is 78.9 Å². The van der Waals surface area contributed by atoms with Gasteiger partial charge in [-0.05, 0) is 55.2 Å². The van der Waals surface area contributed by atoms with Gasteiger partial charge in [-0.25, -0.2) is 8.42 Å². The molecule has 0 bridgehead atoms. The number of nitrogens with zero attached hydrogens (tertiary/aromatic N) is 2. The molecule has 1 saturated carbocycles. The lowest BCUT2D eigenvalue weighted by Crippen LogP contribution is -2.54. The Hall–Kier alpha value is -4.05. The predicted molar refractivity (Wildman–Crippen MR) is 168 cm³/mol. The van der Waals surface area contributed by atoms with Gasteiger partial charge in [-0.2, -0.15) is 0 Å². The number of methoxy groups -OCH3 is 1. The Bertz CT molecular complexity index is 1470. The molecule has 230 valence electrons. The SMILES string of the molecule is CCOc1ccccc1N(CC(=O)N(Cc1cccc(OC)c1)[C@H](Cc1ccccc1)C(=O)NC1CCCC1)S(C)(=O)=O. The molecule has 3 aromatic carbocycles. The predicted octanol–water partition coefficient (Wildman–Crippen LogP) is 4.56. The quantitative estimate of drug-likeness (QED) is 0.288. The van der Waals surface area contributed by atoms with Crippen LogP contribution in [0.5, 0.6) is 11.5 Å². The Labute approximate surface area is 254 Å². The summed E-state index contributed by atoms with van der Waals surface area (Å²) in [7, 11) is -2.34. The monoisotopic (exact) mass is 607 g/mol. The first-order chi connectivity index (χ1) is 20.7. The molecule has 3 aromatic rings. The number of carbonyl (C=O) groups is 2. The number of amides is 2. The molecule has 1 aliphatic rings. The zero-order valence-electron chi connectivity index (χ0n) is 25.1. The molecule has 0 unspecified atom stereocenters. The van der Waals surface area contributed by atoms with E-state index in [0.29, 0.717) is 18.1 Å². The van der Waals surface area contributed by atoms with E-state index in [1.165, 1.54) is 4.90 Å². The van der Waals surface area contributed by atoms with Gasteiger partial charge in [0.2, 0.25) is 21.8 Å². The van der Waals surface area contributed by atoms with Crippen LogP contribution in [0.25, 0.3) is 0 Å². The van der Waals surface area contributed by atoms with Crippen molar-refractivity contribution in [3.05, 3.63) is 90.0 Å². The van der Waals surface area contributed by atoms with Crippen LogP contribution in [-0.4, -0.2) is 63.7 Å². The zero-order chi connectivity index (χ0) is 30.8. The summed E-state index contributed by atoms with van der Waals surface area (Å²) >= 11 is 0. The fourth-order valence-corrected chi connectivity index (χ4v) is 6.28. The minimum atomic E-state index is -3.91. The number of hydrogen-bond donors (Lipinski definition) is 1. The van der Waals surface area contributed by atoms with Crippen molar-refractivity contribution in [3.63, 3.8) is 0 Å². The molecule has 4 rings (SSSR count). The fourth-order valence-electron chi connectivity index (χ4n) is 5.42. The maximum Gasteiger partial charge on any atom is 0.244 e. The first-order valence-electron chi connectivity index (χ1n) is 14.7. The van der Waals surface area contributed by atoms with Crippen molar-refractivity contribution < 1.29 is 27.5 Å². The van der Waals surface area contributed by atoms with E-state index in [2.05, 4.69) is 5.32 Å². The van der Waals surface area contributed by atoms with E-state index in [0.717, 1.165) is 47.4 Å². The van der Waals surface area contributed by atoms with Crippen LogP contribution >= 0.6 is 0 Å². The van der Waals surface area contributed by atoms with E-state index in [1.807, 2.05) is 48.5 Å². The molecule has 1 atom stereocenters. The third-order valence-corrected chi connectivity index (χ3v) is 8.70. The summed E-state index contributed by atoms with van der Waals surface area (Å²) in [6.07, 6.45) is 5.20. The Balaban J connectivity index is 1.75. The van der Waals surface area contributed by atoms with Crippen LogP contribution < -0.4 is 19.1 Å². The fraction of sp³-hybridized carbons (Fsp3) is 0.394. The first-order valence-corrected chi connectivity index (χ1v) is 16.5. The van der Waals surface area contributed by atoms with Crippen molar-refractivity contribution in [1.29, 1.82) is 0 Å². The number of hydrogen-bond acceptors (Lipinski definition) is 6. The van der Waals surface area contributed by atoms with Crippen LogP contribution in [0.1, 0.15) is 43.7 Å². The molecule has 43 heavy (non-hydrogen) atoms. The maximum absolute atomic E-state index is 14.3. The highest BCUT2D eigenvalue weighted by Crippen LogP contribution is 2.30. The topological polar surface area (TPSA) is 105 Å². The summed E-state index contributed by atoms with van der Waals surface area (Å²) in [5.41, 5.74) is 1.90. The van der Waals surface area contributed by atoms with E-state index in [9.17, 15) is 18.0 Å². The molecule has 1 N–H and O–H groups in total. The summed E-state index contributed by atoms with van der Waals surface area (Å²) in [5.74, 6) is 0.195. The van der Waals surface area contributed by atoms with Crippen LogP contribution in [0, 0.1) is 0 Å². The minimum Gasteiger partial charge on any atom is -0.497 e. The van der Waals surface area contributed by atoms with Crippen molar-refractivity contribution in [3.8, 4) is 11.5 Å². The molecule has 0 aliphatic heterocycles. The molecule has 0 spiro atoms. The van der Waals surface area contributed by atoms with Gasteiger partial charge < -0.3 is 19.7 Å². The van der Waals surface area contributed by atoms with Crippen molar-refractivity contribution >= 4 is 27.5 Å². The van der Waals surface area contributed by atoms with E-state index in [1.54, 1.807) is 44.4 Å². The van der Waals surface area contributed by atoms with Crippen LogP contribution in [-0.2, 0) is 32.6 Å². The average molecular weight is 608 g/mol. The molecule has 0 heterocycles. The molecule has 10 heteroatoms.